The first-order valence-corrected chi connectivity index (χ1v) is 13.2. The van der Waals surface area contributed by atoms with Crippen LogP contribution in [0.2, 0.25) is 0 Å². The molecule has 6 rings (SSSR count). The lowest BCUT2D eigenvalue weighted by Crippen LogP contribution is -2.59. The minimum absolute atomic E-state index is 0.161. The Morgan fingerprint density at radius 2 is 1.74 bits per heavy atom. The predicted octanol–water partition coefficient (Wildman–Crippen LogP) is 4.97. The van der Waals surface area contributed by atoms with Crippen LogP contribution in [0.15, 0.2) is 0 Å². The predicted molar refractivity (Wildman–Crippen MR) is 118 cm³/mol. The monoisotopic (exact) mass is 430 g/mol. The van der Waals surface area contributed by atoms with E-state index in [9.17, 15) is 9.90 Å². The highest BCUT2D eigenvalue weighted by Crippen LogP contribution is 2.71. The first kappa shape index (κ1) is 21.1. The molecule has 0 aromatic carbocycles. The van der Waals surface area contributed by atoms with E-state index in [-0.39, 0.29) is 17.0 Å². The molecule has 2 saturated heterocycles. The molecule has 2 heterocycles. The lowest BCUT2D eigenvalue weighted by Gasteiger charge is -2.60. The molecule has 0 aromatic rings. The molecule has 0 amide bonds. The Morgan fingerprint density at radius 3 is 2.48 bits per heavy atom. The smallest absolute Gasteiger partial charge is 0.171 e. The van der Waals surface area contributed by atoms with E-state index in [0.29, 0.717) is 59.4 Å². The number of carbonyl (C=O) groups is 1. The van der Waals surface area contributed by atoms with E-state index >= 15 is 0 Å². The topological polar surface area (TPSA) is 55.8 Å². The number of fused-ring (bicyclic) bond motifs is 7. The molecule has 0 bridgehead atoms. The van der Waals surface area contributed by atoms with Gasteiger partial charge in [-0.2, -0.15) is 0 Å². The second kappa shape index (κ2) is 6.79. The van der Waals surface area contributed by atoms with Gasteiger partial charge in [0, 0.05) is 17.8 Å². The molecule has 4 nitrogen and oxygen atoms in total. The second-order valence-electron chi connectivity index (χ2n) is 12.9. The van der Waals surface area contributed by atoms with Crippen LogP contribution >= 0.6 is 0 Å². The number of hydrogen-bond acceptors (Lipinski definition) is 4. The van der Waals surface area contributed by atoms with Crippen molar-refractivity contribution in [2.24, 2.45) is 52.3 Å². The van der Waals surface area contributed by atoms with Crippen molar-refractivity contribution in [2.45, 2.75) is 103 Å². The molecule has 4 heteroatoms. The van der Waals surface area contributed by atoms with Crippen molar-refractivity contribution in [3.05, 3.63) is 0 Å². The van der Waals surface area contributed by atoms with Gasteiger partial charge >= 0.3 is 0 Å². The largest absolute Gasteiger partial charge is 0.385 e. The van der Waals surface area contributed by atoms with Gasteiger partial charge in [0.05, 0.1) is 12.7 Å². The average Bonchev–Trinajstić information content (AvgIpc) is 3.19. The summed E-state index contributed by atoms with van der Waals surface area (Å²) in [4.78, 5) is 13.3. The highest BCUT2D eigenvalue weighted by atomic mass is 16.7. The summed E-state index contributed by atoms with van der Waals surface area (Å²) in [5.74, 6) is 3.65. The van der Waals surface area contributed by atoms with E-state index in [2.05, 4.69) is 27.7 Å². The van der Waals surface area contributed by atoms with Crippen LogP contribution in [0.4, 0.5) is 0 Å². The van der Waals surface area contributed by atoms with Crippen LogP contribution < -0.4 is 0 Å². The number of hydrogen-bond donors (Lipinski definition) is 1. The molecule has 31 heavy (non-hydrogen) atoms. The zero-order valence-electron chi connectivity index (χ0n) is 19.9. The van der Waals surface area contributed by atoms with Gasteiger partial charge in [0.15, 0.2) is 11.6 Å². The fourth-order valence-electron chi connectivity index (χ4n) is 10.1. The van der Waals surface area contributed by atoms with Crippen LogP contribution in [0.25, 0.3) is 0 Å². The highest BCUT2D eigenvalue weighted by molar-refractivity contribution is 5.90. The fourth-order valence-corrected chi connectivity index (χ4v) is 10.1. The van der Waals surface area contributed by atoms with E-state index in [0.717, 1.165) is 32.3 Å². The average molecular weight is 431 g/mol. The van der Waals surface area contributed by atoms with Crippen LogP contribution in [0.1, 0.15) is 85.5 Å². The fraction of sp³-hybridized carbons (Fsp3) is 0.963. The minimum Gasteiger partial charge on any atom is -0.385 e. The Labute approximate surface area is 187 Å². The van der Waals surface area contributed by atoms with Gasteiger partial charge in [-0.3, -0.25) is 4.79 Å². The third-order valence-corrected chi connectivity index (χ3v) is 11.8. The Morgan fingerprint density at radius 1 is 0.968 bits per heavy atom. The van der Waals surface area contributed by atoms with E-state index in [4.69, 9.17) is 9.47 Å². The third kappa shape index (κ3) is 2.62. The van der Waals surface area contributed by atoms with Crippen LogP contribution in [0.5, 0.6) is 0 Å². The zero-order chi connectivity index (χ0) is 21.8. The summed E-state index contributed by atoms with van der Waals surface area (Å²) in [6, 6.07) is 0. The highest BCUT2D eigenvalue weighted by Gasteiger charge is 2.69. The van der Waals surface area contributed by atoms with Gasteiger partial charge in [-0.1, -0.05) is 27.7 Å². The van der Waals surface area contributed by atoms with Crippen LogP contribution in [0.3, 0.4) is 0 Å². The van der Waals surface area contributed by atoms with Crippen molar-refractivity contribution >= 4 is 5.78 Å². The molecule has 0 aromatic heterocycles. The molecule has 4 aliphatic carbocycles. The summed E-state index contributed by atoms with van der Waals surface area (Å²) in [5, 5.41) is 10.5. The maximum Gasteiger partial charge on any atom is 0.171 e. The van der Waals surface area contributed by atoms with Crippen molar-refractivity contribution in [1.82, 2.24) is 0 Å². The van der Waals surface area contributed by atoms with Crippen molar-refractivity contribution in [3.63, 3.8) is 0 Å². The molecular formula is C27H42O4. The van der Waals surface area contributed by atoms with Crippen LogP contribution in [-0.4, -0.2) is 35.5 Å². The summed E-state index contributed by atoms with van der Waals surface area (Å²) < 4.78 is 13.3. The van der Waals surface area contributed by atoms with E-state index in [1.165, 1.54) is 25.7 Å². The summed E-state index contributed by atoms with van der Waals surface area (Å²) in [7, 11) is 0. The van der Waals surface area contributed by atoms with Gasteiger partial charge in [-0.25, -0.2) is 0 Å². The molecule has 6 aliphatic rings. The number of aliphatic hydroxyl groups excluding tert-OH is 1. The standard InChI is InChI=1S/C27H42O4/c1-15-9-12-27(30-14-15)16(2)23-22(31-27)13-20-18-7-5-17-6-8-21(28)24(29)26(17,4)19(18)10-11-25(20,23)3/h15-23,28H,5-14H2,1-4H3/t15?,16-,17?,18+,19-,20-,21?,22-,23-,25-,26-,27+/m0/s1. The quantitative estimate of drug-likeness (QED) is 0.589. The number of ketones is 1. The summed E-state index contributed by atoms with van der Waals surface area (Å²) in [6.45, 7) is 10.3. The number of rotatable bonds is 0. The van der Waals surface area contributed by atoms with Crippen LogP contribution in [0, 0.1) is 52.3 Å². The van der Waals surface area contributed by atoms with E-state index in [1.807, 2.05) is 0 Å². The number of Topliss-reactive ketones (excluding diaryl/α,β-unsaturated/α-hetero) is 1. The maximum atomic E-state index is 13.3. The molecule has 1 spiro atoms. The van der Waals surface area contributed by atoms with Gasteiger partial charge in [0.1, 0.15) is 6.10 Å². The van der Waals surface area contributed by atoms with E-state index in [1.54, 1.807) is 0 Å². The Hall–Kier alpha value is -0.450. The molecule has 174 valence electrons. The molecular weight excluding hydrogens is 388 g/mol. The molecule has 3 unspecified atom stereocenters. The summed E-state index contributed by atoms with van der Waals surface area (Å²) in [5.41, 5.74) is -0.0172. The first-order chi connectivity index (χ1) is 14.7. The number of ether oxygens (including phenoxy) is 2. The lowest BCUT2D eigenvalue weighted by molar-refractivity contribution is -0.273. The minimum atomic E-state index is -0.731. The van der Waals surface area contributed by atoms with Gasteiger partial charge in [-0.05, 0) is 92.3 Å². The van der Waals surface area contributed by atoms with Crippen molar-refractivity contribution in [1.29, 1.82) is 0 Å². The van der Waals surface area contributed by atoms with E-state index < -0.39 is 6.10 Å². The molecule has 12 atom stereocenters. The molecule has 0 radical (unpaired) electrons. The van der Waals surface area contributed by atoms with Gasteiger partial charge in [-0.15, -0.1) is 0 Å². The third-order valence-electron chi connectivity index (χ3n) is 11.8. The molecule has 1 N–H and O–H groups in total. The second-order valence-corrected chi connectivity index (χ2v) is 12.9. The molecule has 4 saturated carbocycles. The summed E-state index contributed by atoms with van der Waals surface area (Å²) >= 11 is 0. The van der Waals surface area contributed by atoms with Crippen LogP contribution in [-0.2, 0) is 14.3 Å². The van der Waals surface area contributed by atoms with Gasteiger partial charge in [0.25, 0.3) is 0 Å². The van der Waals surface area contributed by atoms with Gasteiger partial charge in [0.2, 0.25) is 0 Å². The maximum absolute atomic E-state index is 13.3. The summed E-state index contributed by atoms with van der Waals surface area (Å²) in [6.07, 6.45) is 9.45. The Kier molecular flexibility index (Phi) is 4.62. The van der Waals surface area contributed by atoms with Crippen molar-refractivity contribution in [2.75, 3.05) is 6.61 Å². The SMILES string of the molecule is CC1CC[C@@]2(OC1)O[C@H]1C[C@H]3[C@@H]4CCC5CCC(O)C(=O)[C@]5(C)[C@H]4CC[C@]3(C)[C@H]1[C@@H]2C. The molecule has 2 aliphatic heterocycles. The number of carbonyl (C=O) groups excluding carboxylic acids is 1. The van der Waals surface area contributed by atoms with Crippen molar-refractivity contribution in [3.8, 4) is 0 Å². The molecule has 6 fully saturated rings. The normalized spacial score (nSPS) is 60.9. The van der Waals surface area contributed by atoms with Gasteiger partial charge < -0.3 is 14.6 Å². The first-order valence-electron chi connectivity index (χ1n) is 13.2. The number of aliphatic hydroxyl groups is 1. The lowest BCUT2D eigenvalue weighted by atomic mass is 9.44. The Bertz CT molecular complexity index is 756. The van der Waals surface area contributed by atoms with Crippen molar-refractivity contribution < 1.29 is 19.4 Å². The Balaban J connectivity index is 1.29. The zero-order valence-corrected chi connectivity index (χ0v) is 19.9.